The monoisotopic (exact) mass is 358 g/mol. The van der Waals surface area contributed by atoms with Gasteiger partial charge in [-0.15, -0.1) is 0 Å². The van der Waals surface area contributed by atoms with Crippen LogP contribution in [-0.4, -0.2) is 43.1 Å². The molecule has 0 saturated heterocycles. The van der Waals surface area contributed by atoms with Gasteiger partial charge in [0.1, 0.15) is 5.82 Å². The van der Waals surface area contributed by atoms with Crippen molar-refractivity contribution in [1.82, 2.24) is 24.8 Å². The summed E-state index contributed by atoms with van der Waals surface area (Å²) in [5.74, 6) is 0.994. The van der Waals surface area contributed by atoms with Gasteiger partial charge in [-0.2, -0.15) is 0 Å². The molecule has 27 heavy (non-hydrogen) atoms. The number of nitrogens with one attached hydrogen (secondary N) is 2. The molecule has 3 heterocycles. The lowest BCUT2D eigenvalue weighted by Crippen LogP contribution is -2.37. The molecule has 0 bridgehead atoms. The smallest absolute Gasteiger partial charge is 0.121 e. The van der Waals surface area contributed by atoms with Crippen molar-refractivity contribution in [2.45, 2.75) is 38.0 Å². The van der Waals surface area contributed by atoms with Gasteiger partial charge < -0.3 is 9.97 Å². The zero-order valence-corrected chi connectivity index (χ0v) is 15.0. The maximum absolute atomic E-state index is 4.78. The predicted octanol–water partition coefficient (Wildman–Crippen LogP) is 3.39. The van der Waals surface area contributed by atoms with Crippen LogP contribution in [0, 0.1) is 0 Å². The van der Waals surface area contributed by atoms with Crippen LogP contribution in [0.4, 0.5) is 0 Å². The van der Waals surface area contributed by atoms with Gasteiger partial charge >= 0.3 is 0 Å². The number of imidazole rings is 2. The molecular weight excluding hydrogens is 336 g/mol. The molecule has 2 N–H and O–H groups in total. The third kappa shape index (κ3) is 3.36. The standard InChI is InChI=1S/C21H22N6/c1-2-6-20-19(5-1)25-21(26-20)13-27(12-16-11-22-14-24-16)17-7-8-18-15(10-17)4-3-9-23-18/h1-6,9-11,14,17-18H,7-8,12-13H2,(H,22,24)(H,25,26). The lowest BCUT2D eigenvalue weighted by molar-refractivity contribution is 0.187. The summed E-state index contributed by atoms with van der Waals surface area (Å²) in [7, 11) is 0. The molecule has 3 aromatic rings. The fourth-order valence-corrected chi connectivity index (χ4v) is 3.99. The highest BCUT2D eigenvalue weighted by molar-refractivity contribution is 5.75. The summed E-state index contributed by atoms with van der Waals surface area (Å²) in [5, 5.41) is 0. The molecule has 2 unspecified atom stereocenters. The number of dihydropyridines is 1. The third-order valence-corrected chi connectivity index (χ3v) is 5.33. The number of nitrogens with zero attached hydrogens (tertiary/aromatic N) is 4. The van der Waals surface area contributed by atoms with Crippen LogP contribution in [-0.2, 0) is 13.1 Å². The molecule has 136 valence electrons. The summed E-state index contributed by atoms with van der Waals surface area (Å²) >= 11 is 0. The van der Waals surface area contributed by atoms with Crippen molar-refractivity contribution < 1.29 is 0 Å². The summed E-state index contributed by atoms with van der Waals surface area (Å²) in [4.78, 5) is 22.7. The Morgan fingerprint density at radius 3 is 3.00 bits per heavy atom. The highest BCUT2D eigenvalue weighted by Crippen LogP contribution is 2.28. The van der Waals surface area contributed by atoms with Crippen LogP contribution in [0.25, 0.3) is 11.0 Å². The highest BCUT2D eigenvalue weighted by Gasteiger charge is 2.27. The summed E-state index contributed by atoms with van der Waals surface area (Å²) in [6.45, 7) is 1.57. The second-order valence-corrected chi connectivity index (χ2v) is 7.17. The van der Waals surface area contributed by atoms with Gasteiger partial charge in [-0.05, 0) is 36.6 Å². The quantitative estimate of drug-likeness (QED) is 0.734. The maximum atomic E-state index is 4.78. The lowest BCUT2D eigenvalue weighted by Gasteiger charge is -2.34. The molecule has 1 aliphatic carbocycles. The summed E-state index contributed by atoms with van der Waals surface area (Å²) in [5.41, 5.74) is 4.54. The summed E-state index contributed by atoms with van der Waals surface area (Å²) < 4.78 is 0. The van der Waals surface area contributed by atoms with Gasteiger partial charge in [-0.25, -0.2) is 9.97 Å². The van der Waals surface area contributed by atoms with Crippen molar-refractivity contribution in [2.75, 3.05) is 0 Å². The van der Waals surface area contributed by atoms with E-state index in [2.05, 4.69) is 43.1 Å². The van der Waals surface area contributed by atoms with Crippen molar-refractivity contribution in [3.8, 4) is 0 Å². The molecule has 5 rings (SSSR count). The molecule has 0 amide bonds. The van der Waals surface area contributed by atoms with Crippen molar-refractivity contribution in [1.29, 1.82) is 0 Å². The number of aliphatic imine (C=N–C) groups is 1. The van der Waals surface area contributed by atoms with Crippen LogP contribution in [0.5, 0.6) is 0 Å². The van der Waals surface area contributed by atoms with Crippen molar-refractivity contribution in [2.24, 2.45) is 4.99 Å². The Kier molecular flexibility index (Phi) is 4.18. The van der Waals surface area contributed by atoms with Gasteiger partial charge in [-0.3, -0.25) is 9.89 Å². The van der Waals surface area contributed by atoms with Gasteiger partial charge in [0.2, 0.25) is 0 Å². The molecule has 2 aromatic heterocycles. The molecule has 2 atom stereocenters. The normalized spacial score (nSPS) is 21.6. The fourth-order valence-electron chi connectivity index (χ4n) is 3.99. The number of hydrogen-bond donors (Lipinski definition) is 2. The van der Waals surface area contributed by atoms with Gasteiger partial charge in [0, 0.05) is 30.7 Å². The molecule has 2 aliphatic rings. The summed E-state index contributed by atoms with van der Waals surface area (Å²) in [6, 6.07) is 8.86. The average molecular weight is 358 g/mol. The van der Waals surface area contributed by atoms with Crippen LogP contribution in [0.2, 0.25) is 0 Å². The van der Waals surface area contributed by atoms with Crippen molar-refractivity contribution in [3.63, 3.8) is 0 Å². The Balaban J connectivity index is 1.43. The first-order valence-corrected chi connectivity index (χ1v) is 9.41. The number of aromatic nitrogens is 4. The van der Waals surface area contributed by atoms with Gasteiger partial charge in [0.25, 0.3) is 0 Å². The molecule has 1 aliphatic heterocycles. The van der Waals surface area contributed by atoms with E-state index in [1.165, 1.54) is 5.57 Å². The first-order valence-electron chi connectivity index (χ1n) is 9.41. The Labute approximate surface area is 157 Å². The third-order valence-electron chi connectivity index (χ3n) is 5.33. The van der Waals surface area contributed by atoms with Crippen LogP contribution in [0.1, 0.15) is 24.4 Å². The van der Waals surface area contributed by atoms with E-state index in [0.717, 1.165) is 48.5 Å². The Morgan fingerprint density at radius 2 is 2.11 bits per heavy atom. The lowest BCUT2D eigenvalue weighted by atomic mass is 9.89. The molecule has 0 fully saturated rings. The minimum absolute atomic E-state index is 0.325. The molecule has 6 heteroatoms. The van der Waals surface area contributed by atoms with E-state index < -0.39 is 0 Å². The zero-order valence-electron chi connectivity index (χ0n) is 15.0. The minimum atomic E-state index is 0.325. The zero-order chi connectivity index (χ0) is 18.1. The average Bonchev–Trinajstić information content (AvgIpc) is 3.36. The summed E-state index contributed by atoms with van der Waals surface area (Å²) in [6.07, 6.45) is 14.3. The molecule has 6 nitrogen and oxygen atoms in total. The molecule has 0 saturated carbocycles. The largest absolute Gasteiger partial charge is 0.347 e. The number of fused-ring (bicyclic) bond motifs is 2. The fraction of sp³-hybridized carbons (Fsp3) is 0.286. The Morgan fingerprint density at radius 1 is 1.15 bits per heavy atom. The van der Waals surface area contributed by atoms with Crippen LogP contribution in [0.15, 0.2) is 65.6 Å². The van der Waals surface area contributed by atoms with E-state index in [1.54, 1.807) is 6.33 Å². The minimum Gasteiger partial charge on any atom is -0.347 e. The number of benzene rings is 1. The SMILES string of the molecule is C1=CC2=CC(N(Cc3cnc[nH]3)Cc3nc4ccccc4[nH]3)CCC2N=C1. The second kappa shape index (κ2) is 6.96. The predicted molar refractivity (Wildman–Crippen MR) is 106 cm³/mol. The number of H-pyrrole nitrogens is 2. The van der Waals surface area contributed by atoms with Crippen LogP contribution >= 0.6 is 0 Å². The first kappa shape index (κ1) is 16.2. The van der Waals surface area contributed by atoms with Crippen LogP contribution < -0.4 is 0 Å². The molecule has 0 spiro atoms. The topological polar surface area (TPSA) is 73.0 Å². The van der Waals surface area contributed by atoms with Gasteiger partial charge in [0.15, 0.2) is 0 Å². The van der Waals surface area contributed by atoms with E-state index in [9.17, 15) is 0 Å². The van der Waals surface area contributed by atoms with Crippen LogP contribution in [0.3, 0.4) is 0 Å². The number of allylic oxidation sites excluding steroid dienone is 1. The second-order valence-electron chi connectivity index (χ2n) is 7.17. The van der Waals surface area contributed by atoms with Gasteiger partial charge in [-0.1, -0.05) is 24.3 Å². The van der Waals surface area contributed by atoms with Crippen molar-refractivity contribution >= 4 is 17.2 Å². The molecule has 1 aromatic carbocycles. The molecule has 0 radical (unpaired) electrons. The van der Waals surface area contributed by atoms with E-state index in [-0.39, 0.29) is 0 Å². The number of rotatable bonds is 5. The highest BCUT2D eigenvalue weighted by atomic mass is 15.2. The first-order chi connectivity index (χ1) is 13.3. The number of hydrogen-bond acceptors (Lipinski definition) is 4. The molecular formula is C21H22N6. The number of para-hydroxylation sites is 2. The Bertz CT molecular complexity index is 977. The Hall–Kier alpha value is -2.99. The van der Waals surface area contributed by atoms with E-state index in [4.69, 9.17) is 4.98 Å². The van der Waals surface area contributed by atoms with Gasteiger partial charge in [0.05, 0.1) is 29.9 Å². The number of aromatic amines is 2. The van der Waals surface area contributed by atoms with E-state index in [1.807, 2.05) is 36.7 Å². The maximum Gasteiger partial charge on any atom is 0.121 e. The van der Waals surface area contributed by atoms with E-state index in [0.29, 0.717) is 12.1 Å². The van der Waals surface area contributed by atoms with Crippen molar-refractivity contribution in [3.05, 3.63) is 72.1 Å². The van der Waals surface area contributed by atoms with E-state index >= 15 is 0 Å².